The van der Waals surface area contributed by atoms with Crippen LogP contribution in [0.15, 0.2) is 18.5 Å². The minimum atomic E-state index is -0.442. The highest BCUT2D eigenvalue weighted by atomic mass is 16.3. The van der Waals surface area contributed by atoms with Crippen molar-refractivity contribution in [1.82, 2.24) is 10.3 Å². The summed E-state index contributed by atoms with van der Waals surface area (Å²) in [6, 6.07) is 1.50. The predicted octanol–water partition coefficient (Wildman–Crippen LogP) is -0.191. The molecule has 0 aliphatic carbocycles. The zero-order chi connectivity index (χ0) is 13.1. The van der Waals surface area contributed by atoms with Gasteiger partial charge < -0.3 is 20.6 Å². The molecule has 2 unspecified atom stereocenters. The number of aliphatic hydroxyl groups is 1. The summed E-state index contributed by atoms with van der Waals surface area (Å²) in [5.74, 6) is -0.136. The van der Waals surface area contributed by atoms with Crippen molar-refractivity contribution in [3.8, 4) is 0 Å². The fourth-order valence-corrected chi connectivity index (χ4v) is 2.01. The molecule has 3 N–H and O–H groups in total. The number of rotatable bonds is 3. The minimum Gasteiger partial charge on any atom is -0.392 e. The number of β-amino-alcohol motifs (C(OH)–C–C–N with tert-alkyl or cyclic N) is 1. The van der Waals surface area contributed by atoms with Crippen molar-refractivity contribution in [2.45, 2.75) is 18.6 Å². The Balaban J connectivity index is 2.07. The third kappa shape index (κ3) is 2.77. The topological polar surface area (TPSA) is 77.5 Å². The van der Waals surface area contributed by atoms with Crippen LogP contribution in [0.5, 0.6) is 0 Å². The van der Waals surface area contributed by atoms with E-state index < -0.39 is 6.10 Å². The molecule has 6 heteroatoms. The van der Waals surface area contributed by atoms with Crippen molar-refractivity contribution >= 4 is 17.3 Å². The average Bonchev–Trinajstić information content (AvgIpc) is 2.76. The Morgan fingerprint density at radius 1 is 1.61 bits per heavy atom. The van der Waals surface area contributed by atoms with Crippen molar-refractivity contribution in [3.05, 3.63) is 18.5 Å². The second-order valence-electron chi connectivity index (χ2n) is 4.63. The number of nitrogens with one attached hydrogen (secondary N) is 2. The molecule has 1 aromatic rings. The summed E-state index contributed by atoms with van der Waals surface area (Å²) < 4.78 is 0. The van der Waals surface area contributed by atoms with E-state index in [9.17, 15) is 9.90 Å². The van der Waals surface area contributed by atoms with Crippen LogP contribution in [0.2, 0.25) is 0 Å². The Labute approximate surface area is 106 Å². The van der Waals surface area contributed by atoms with E-state index in [0.717, 1.165) is 5.69 Å². The molecule has 1 aliphatic heterocycles. The highest BCUT2D eigenvalue weighted by Crippen LogP contribution is 2.22. The summed E-state index contributed by atoms with van der Waals surface area (Å²) in [5, 5.41) is 15.2. The summed E-state index contributed by atoms with van der Waals surface area (Å²) >= 11 is 0. The molecule has 1 amide bonds. The molecule has 2 atom stereocenters. The van der Waals surface area contributed by atoms with Crippen molar-refractivity contribution in [3.63, 3.8) is 0 Å². The van der Waals surface area contributed by atoms with Crippen LogP contribution in [-0.4, -0.2) is 48.8 Å². The molecule has 0 saturated carbocycles. The van der Waals surface area contributed by atoms with Crippen molar-refractivity contribution in [2.75, 3.05) is 30.9 Å². The number of amides is 1. The lowest BCUT2D eigenvalue weighted by Gasteiger charge is -2.18. The molecule has 0 spiro atoms. The number of nitrogens with zero attached hydrogens (tertiary/aromatic N) is 2. The molecule has 0 radical (unpaired) electrons. The van der Waals surface area contributed by atoms with Gasteiger partial charge in [0.25, 0.3) is 0 Å². The maximum Gasteiger partial charge on any atom is 0.241 e. The van der Waals surface area contributed by atoms with Crippen molar-refractivity contribution in [2.24, 2.45) is 0 Å². The van der Waals surface area contributed by atoms with Crippen LogP contribution >= 0.6 is 0 Å². The van der Waals surface area contributed by atoms with Gasteiger partial charge in [-0.1, -0.05) is 0 Å². The largest absolute Gasteiger partial charge is 0.392 e. The van der Waals surface area contributed by atoms with Gasteiger partial charge in [-0.25, -0.2) is 0 Å². The Kier molecular flexibility index (Phi) is 3.78. The zero-order valence-electron chi connectivity index (χ0n) is 10.6. The zero-order valence-corrected chi connectivity index (χ0v) is 10.6. The average molecular weight is 250 g/mol. The highest BCUT2D eigenvalue weighted by molar-refractivity contribution is 5.97. The second-order valence-corrected chi connectivity index (χ2v) is 4.63. The van der Waals surface area contributed by atoms with E-state index in [-0.39, 0.29) is 11.9 Å². The van der Waals surface area contributed by atoms with Crippen molar-refractivity contribution < 1.29 is 9.90 Å². The number of aliphatic hydroxyl groups excluding tert-OH is 1. The number of aromatic nitrogens is 1. The van der Waals surface area contributed by atoms with Crippen LogP contribution in [-0.2, 0) is 4.79 Å². The lowest BCUT2D eigenvalue weighted by Crippen LogP contribution is -2.35. The molecular formula is C12H18N4O2. The quantitative estimate of drug-likeness (QED) is 0.693. The van der Waals surface area contributed by atoms with Crippen LogP contribution in [0.4, 0.5) is 11.4 Å². The van der Waals surface area contributed by atoms with E-state index >= 15 is 0 Å². The van der Waals surface area contributed by atoms with E-state index in [2.05, 4.69) is 15.6 Å². The van der Waals surface area contributed by atoms with Gasteiger partial charge in [0.05, 0.1) is 29.7 Å². The van der Waals surface area contributed by atoms with Gasteiger partial charge in [-0.3, -0.25) is 9.78 Å². The van der Waals surface area contributed by atoms with Gasteiger partial charge in [0.2, 0.25) is 5.91 Å². The molecule has 6 nitrogen and oxygen atoms in total. The summed E-state index contributed by atoms with van der Waals surface area (Å²) in [7, 11) is 3.81. The summed E-state index contributed by atoms with van der Waals surface area (Å²) in [5.41, 5.74) is 1.58. The van der Waals surface area contributed by atoms with Gasteiger partial charge in [-0.2, -0.15) is 0 Å². The molecule has 2 heterocycles. The molecule has 1 aliphatic rings. The van der Waals surface area contributed by atoms with Crippen LogP contribution in [0.3, 0.4) is 0 Å². The van der Waals surface area contributed by atoms with Gasteiger partial charge in [0.1, 0.15) is 0 Å². The smallest absolute Gasteiger partial charge is 0.241 e. The maximum atomic E-state index is 12.0. The molecule has 2 rings (SSSR count). The second kappa shape index (κ2) is 5.32. The molecular weight excluding hydrogens is 232 g/mol. The molecule has 0 bridgehead atoms. The van der Waals surface area contributed by atoms with Crippen LogP contribution in [0, 0.1) is 0 Å². The fourth-order valence-electron chi connectivity index (χ4n) is 2.01. The van der Waals surface area contributed by atoms with E-state index in [1.54, 1.807) is 12.4 Å². The molecule has 0 aromatic carbocycles. The van der Waals surface area contributed by atoms with Gasteiger partial charge in [-0.05, 0) is 12.5 Å². The molecule has 1 fully saturated rings. The lowest BCUT2D eigenvalue weighted by molar-refractivity contribution is -0.117. The Morgan fingerprint density at radius 2 is 2.39 bits per heavy atom. The van der Waals surface area contributed by atoms with E-state index in [0.29, 0.717) is 18.7 Å². The molecule has 1 saturated heterocycles. The van der Waals surface area contributed by atoms with Crippen LogP contribution in [0.25, 0.3) is 0 Å². The van der Waals surface area contributed by atoms with Crippen LogP contribution < -0.4 is 15.5 Å². The summed E-state index contributed by atoms with van der Waals surface area (Å²) in [4.78, 5) is 17.9. The number of hydrogen-bond acceptors (Lipinski definition) is 5. The number of carbonyl (C=O) groups excluding carboxylic acids is 1. The Morgan fingerprint density at radius 3 is 3.00 bits per heavy atom. The molecule has 98 valence electrons. The first kappa shape index (κ1) is 12.8. The normalized spacial score (nSPS) is 22.8. The Bertz CT molecular complexity index is 436. The van der Waals surface area contributed by atoms with Gasteiger partial charge in [0.15, 0.2) is 0 Å². The first-order chi connectivity index (χ1) is 8.58. The number of anilines is 2. The first-order valence-electron chi connectivity index (χ1n) is 5.91. The fraction of sp³-hybridized carbons (Fsp3) is 0.500. The third-order valence-electron chi connectivity index (χ3n) is 2.96. The minimum absolute atomic E-state index is 0.136. The summed E-state index contributed by atoms with van der Waals surface area (Å²) in [6.07, 6.45) is 3.31. The third-order valence-corrected chi connectivity index (χ3v) is 2.96. The molecule has 18 heavy (non-hydrogen) atoms. The number of carbonyl (C=O) groups is 1. The lowest BCUT2D eigenvalue weighted by atomic mass is 10.2. The van der Waals surface area contributed by atoms with Gasteiger partial charge in [-0.15, -0.1) is 0 Å². The van der Waals surface area contributed by atoms with Crippen LogP contribution in [0.1, 0.15) is 6.42 Å². The standard InChI is InChI=1S/C12H18N4O2/c1-16(2)11-3-4-13-7-10(11)15-12(18)9-5-8(17)6-14-9/h3-4,7-9,14,17H,5-6H2,1-2H3,(H,15,18). The predicted molar refractivity (Wildman–Crippen MR) is 69.6 cm³/mol. The van der Waals surface area contributed by atoms with E-state index in [1.807, 2.05) is 25.1 Å². The Hall–Kier alpha value is -1.66. The summed E-state index contributed by atoms with van der Waals surface area (Å²) in [6.45, 7) is 0.464. The monoisotopic (exact) mass is 250 g/mol. The highest BCUT2D eigenvalue weighted by Gasteiger charge is 2.28. The van der Waals surface area contributed by atoms with Gasteiger partial charge in [0, 0.05) is 26.8 Å². The molecule has 1 aromatic heterocycles. The van der Waals surface area contributed by atoms with E-state index in [4.69, 9.17) is 0 Å². The maximum absolute atomic E-state index is 12.0. The first-order valence-corrected chi connectivity index (χ1v) is 5.91. The number of hydrogen-bond donors (Lipinski definition) is 3. The van der Waals surface area contributed by atoms with E-state index in [1.165, 1.54) is 0 Å². The number of pyridine rings is 1. The van der Waals surface area contributed by atoms with Gasteiger partial charge >= 0.3 is 0 Å². The van der Waals surface area contributed by atoms with Crippen molar-refractivity contribution in [1.29, 1.82) is 0 Å². The SMILES string of the molecule is CN(C)c1ccncc1NC(=O)C1CC(O)CN1.